The Hall–Kier alpha value is -3.09. The molecule has 0 saturated carbocycles. The van der Waals surface area contributed by atoms with E-state index in [0.717, 1.165) is 12.5 Å². The van der Waals surface area contributed by atoms with E-state index in [4.69, 9.17) is 17.2 Å². The number of hydrogen-bond acceptors (Lipinski definition) is 4. The average Bonchev–Trinajstić information content (AvgIpc) is 2.61. The van der Waals surface area contributed by atoms with E-state index in [0.29, 0.717) is 17.7 Å². The highest BCUT2D eigenvalue weighted by Gasteiger charge is 2.19. The zero-order valence-electron chi connectivity index (χ0n) is 14.7. The standard InChI is InChI=1S/C19H22F2N4O/c1-3-8-25-19(26)18(24)17(23)12-6-7-14(21)15(16(12)22)13-9-11(20)5-4-10(13)2/h4-7,9H,3,8,22-24H2,1-2H3,(H,25,26)/b18-17+. The number of rotatable bonds is 5. The Balaban J connectivity index is 2.60. The van der Waals surface area contributed by atoms with Crippen molar-refractivity contribution in [2.24, 2.45) is 11.5 Å². The lowest BCUT2D eigenvalue weighted by Crippen LogP contribution is -2.31. The Kier molecular flexibility index (Phi) is 5.82. The van der Waals surface area contributed by atoms with Crippen LogP contribution in [0.25, 0.3) is 16.8 Å². The highest BCUT2D eigenvalue weighted by Crippen LogP contribution is 2.36. The first-order valence-corrected chi connectivity index (χ1v) is 8.16. The minimum Gasteiger partial charge on any atom is -0.398 e. The lowest BCUT2D eigenvalue weighted by atomic mass is 9.94. The number of benzene rings is 2. The Morgan fingerprint density at radius 2 is 1.85 bits per heavy atom. The van der Waals surface area contributed by atoms with Gasteiger partial charge in [0, 0.05) is 17.7 Å². The number of aryl methyl sites for hydroxylation is 1. The number of anilines is 1. The van der Waals surface area contributed by atoms with Crippen molar-refractivity contribution in [2.45, 2.75) is 20.3 Å². The van der Waals surface area contributed by atoms with Gasteiger partial charge in [-0.15, -0.1) is 0 Å². The molecule has 26 heavy (non-hydrogen) atoms. The van der Waals surface area contributed by atoms with E-state index in [2.05, 4.69) is 5.32 Å². The molecule has 0 saturated heterocycles. The van der Waals surface area contributed by atoms with E-state index in [1.54, 1.807) is 6.92 Å². The van der Waals surface area contributed by atoms with E-state index in [9.17, 15) is 13.6 Å². The molecule has 0 aliphatic carbocycles. The average molecular weight is 360 g/mol. The molecule has 7 N–H and O–H groups in total. The molecule has 0 radical (unpaired) electrons. The third-order valence-corrected chi connectivity index (χ3v) is 4.02. The van der Waals surface area contributed by atoms with Crippen LogP contribution in [0, 0.1) is 18.6 Å². The summed E-state index contributed by atoms with van der Waals surface area (Å²) in [6.07, 6.45) is 0.737. The van der Waals surface area contributed by atoms with Crippen LogP contribution in [0.15, 0.2) is 36.0 Å². The van der Waals surface area contributed by atoms with Gasteiger partial charge in [-0.3, -0.25) is 4.79 Å². The van der Waals surface area contributed by atoms with E-state index >= 15 is 0 Å². The molecule has 0 aromatic heterocycles. The van der Waals surface area contributed by atoms with Crippen molar-refractivity contribution in [2.75, 3.05) is 12.3 Å². The number of carbonyl (C=O) groups is 1. The summed E-state index contributed by atoms with van der Waals surface area (Å²) >= 11 is 0. The monoisotopic (exact) mass is 360 g/mol. The van der Waals surface area contributed by atoms with Crippen molar-refractivity contribution in [3.8, 4) is 11.1 Å². The van der Waals surface area contributed by atoms with Gasteiger partial charge in [0.25, 0.3) is 5.91 Å². The van der Waals surface area contributed by atoms with Crippen LogP contribution < -0.4 is 22.5 Å². The number of halogens is 2. The Labute approximate surface area is 150 Å². The molecule has 5 nitrogen and oxygen atoms in total. The lowest BCUT2D eigenvalue weighted by molar-refractivity contribution is -0.117. The van der Waals surface area contributed by atoms with Gasteiger partial charge >= 0.3 is 0 Å². The van der Waals surface area contributed by atoms with Crippen LogP contribution in [-0.2, 0) is 4.79 Å². The van der Waals surface area contributed by atoms with E-state index < -0.39 is 17.5 Å². The molecule has 138 valence electrons. The van der Waals surface area contributed by atoms with Gasteiger partial charge < -0.3 is 22.5 Å². The number of amides is 1. The van der Waals surface area contributed by atoms with Crippen LogP contribution in [0.5, 0.6) is 0 Å². The summed E-state index contributed by atoms with van der Waals surface area (Å²) in [5.41, 5.74) is 18.8. The molecule has 0 unspecified atom stereocenters. The molecule has 0 atom stereocenters. The molecule has 2 aromatic carbocycles. The third-order valence-electron chi connectivity index (χ3n) is 4.02. The normalized spacial score (nSPS) is 11.8. The zero-order valence-corrected chi connectivity index (χ0v) is 14.7. The number of nitrogen functional groups attached to an aromatic ring is 1. The highest BCUT2D eigenvalue weighted by atomic mass is 19.1. The largest absolute Gasteiger partial charge is 0.398 e. The van der Waals surface area contributed by atoms with Crippen LogP contribution in [0.3, 0.4) is 0 Å². The van der Waals surface area contributed by atoms with Crippen LogP contribution in [-0.4, -0.2) is 12.5 Å². The van der Waals surface area contributed by atoms with Gasteiger partial charge in [-0.1, -0.05) is 13.0 Å². The van der Waals surface area contributed by atoms with Gasteiger partial charge in [-0.2, -0.15) is 0 Å². The first-order valence-electron chi connectivity index (χ1n) is 8.16. The molecule has 0 aliphatic rings. The number of nitrogens with two attached hydrogens (primary N) is 3. The smallest absolute Gasteiger partial charge is 0.269 e. The fourth-order valence-electron chi connectivity index (χ4n) is 2.57. The van der Waals surface area contributed by atoms with Crippen molar-refractivity contribution >= 4 is 17.3 Å². The Bertz CT molecular complexity index is 878. The fourth-order valence-corrected chi connectivity index (χ4v) is 2.57. The Morgan fingerprint density at radius 3 is 2.50 bits per heavy atom. The maximum absolute atomic E-state index is 14.4. The number of carbonyl (C=O) groups excluding carboxylic acids is 1. The second kappa shape index (κ2) is 7.86. The quantitative estimate of drug-likeness (QED) is 0.486. The van der Waals surface area contributed by atoms with Crippen molar-refractivity contribution in [3.05, 3.63) is 58.8 Å². The topological polar surface area (TPSA) is 107 Å². The van der Waals surface area contributed by atoms with Gasteiger partial charge in [-0.25, -0.2) is 8.78 Å². The van der Waals surface area contributed by atoms with E-state index in [1.165, 1.54) is 24.3 Å². The second-order valence-electron chi connectivity index (χ2n) is 5.93. The first-order chi connectivity index (χ1) is 12.3. The molecule has 0 fully saturated rings. The summed E-state index contributed by atoms with van der Waals surface area (Å²) in [4.78, 5) is 12.0. The van der Waals surface area contributed by atoms with Gasteiger partial charge in [0.1, 0.15) is 17.3 Å². The molecule has 0 aliphatic heterocycles. The maximum Gasteiger partial charge on any atom is 0.269 e. The molecule has 2 aromatic rings. The summed E-state index contributed by atoms with van der Waals surface area (Å²) in [5, 5.41) is 2.61. The molecule has 0 heterocycles. The SMILES string of the molecule is CCCNC(=O)/C(N)=C(\N)c1ccc(F)c(-c2cc(F)ccc2C)c1N. The summed E-state index contributed by atoms with van der Waals surface area (Å²) in [6.45, 7) is 4.06. The van der Waals surface area contributed by atoms with Crippen molar-refractivity contribution in [3.63, 3.8) is 0 Å². The highest BCUT2D eigenvalue weighted by molar-refractivity contribution is 6.01. The zero-order chi connectivity index (χ0) is 19.4. The minimum absolute atomic E-state index is 0.0116. The third kappa shape index (κ3) is 3.77. The van der Waals surface area contributed by atoms with Gasteiger partial charge in [0.05, 0.1) is 11.4 Å². The predicted octanol–water partition coefficient (Wildman–Crippen LogP) is 2.63. The van der Waals surface area contributed by atoms with Crippen LogP contribution in [0.4, 0.5) is 14.5 Å². The van der Waals surface area contributed by atoms with Crippen molar-refractivity contribution in [1.29, 1.82) is 0 Å². The van der Waals surface area contributed by atoms with Gasteiger partial charge in [0.2, 0.25) is 0 Å². The van der Waals surface area contributed by atoms with Crippen molar-refractivity contribution in [1.82, 2.24) is 5.32 Å². The summed E-state index contributed by atoms with van der Waals surface area (Å²) in [7, 11) is 0. The first kappa shape index (κ1) is 19.2. The summed E-state index contributed by atoms with van der Waals surface area (Å²) in [5.74, 6) is -1.67. The van der Waals surface area contributed by atoms with Crippen LogP contribution >= 0.6 is 0 Å². The van der Waals surface area contributed by atoms with E-state index in [1.807, 2.05) is 6.92 Å². The second-order valence-corrected chi connectivity index (χ2v) is 5.93. The minimum atomic E-state index is -0.623. The predicted molar refractivity (Wildman–Crippen MR) is 99.5 cm³/mol. The van der Waals surface area contributed by atoms with Crippen LogP contribution in [0.1, 0.15) is 24.5 Å². The van der Waals surface area contributed by atoms with Crippen molar-refractivity contribution < 1.29 is 13.6 Å². The van der Waals surface area contributed by atoms with E-state index in [-0.39, 0.29) is 28.2 Å². The molecule has 0 spiro atoms. The summed E-state index contributed by atoms with van der Waals surface area (Å²) in [6, 6.07) is 6.52. The lowest BCUT2D eigenvalue weighted by Gasteiger charge is -2.16. The molecule has 1 amide bonds. The molecular weight excluding hydrogens is 338 g/mol. The summed E-state index contributed by atoms with van der Waals surface area (Å²) < 4.78 is 28.1. The maximum atomic E-state index is 14.4. The van der Waals surface area contributed by atoms with Gasteiger partial charge in [0.15, 0.2) is 0 Å². The number of nitrogens with one attached hydrogen (secondary N) is 1. The number of hydrogen-bond donors (Lipinski definition) is 4. The van der Waals surface area contributed by atoms with Gasteiger partial charge in [-0.05, 0) is 48.7 Å². The molecule has 0 bridgehead atoms. The molecule has 2 rings (SSSR count). The fraction of sp³-hybridized carbons (Fsp3) is 0.211. The Morgan fingerprint density at radius 1 is 1.15 bits per heavy atom. The molecular formula is C19H22F2N4O. The van der Waals surface area contributed by atoms with Crippen LogP contribution in [0.2, 0.25) is 0 Å². The molecule has 7 heteroatoms.